The number of carbonyl (C=O) groups is 2. The predicted octanol–water partition coefficient (Wildman–Crippen LogP) is 5.65. The molecule has 7 heteroatoms. The topological polar surface area (TPSA) is 71.0 Å². The molecule has 1 heterocycles. The Morgan fingerprint density at radius 3 is 2.41 bits per heavy atom. The van der Waals surface area contributed by atoms with E-state index in [1.807, 2.05) is 72.8 Å². The van der Waals surface area contributed by atoms with Gasteiger partial charge in [0.25, 0.3) is 5.91 Å². The molecule has 0 bridgehead atoms. The van der Waals surface area contributed by atoms with Gasteiger partial charge in [0.2, 0.25) is 11.8 Å². The molecule has 0 aromatic heterocycles. The summed E-state index contributed by atoms with van der Waals surface area (Å²) in [7, 11) is 0. The average Bonchev–Trinajstić information content (AvgIpc) is 3.45. The number of amides is 2. The minimum absolute atomic E-state index is 0.0702. The minimum Gasteiger partial charge on any atom is -0.466 e. The largest absolute Gasteiger partial charge is 0.466 e. The lowest BCUT2D eigenvalue weighted by Gasteiger charge is -2.25. The van der Waals surface area contributed by atoms with E-state index in [2.05, 4.69) is 10.4 Å². The fraction of sp³-hybridized carbons (Fsp3) is 0.300. The van der Waals surface area contributed by atoms with E-state index in [1.165, 1.54) is 5.01 Å². The van der Waals surface area contributed by atoms with Crippen molar-refractivity contribution in [3.63, 3.8) is 0 Å². The number of carbonyl (C=O) groups excluding carboxylic acids is 2. The van der Waals surface area contributed by atoms with E-state index in [0.717, 1.165) is 42.4 Å². The standard InChI is InChI=1S/C30H30ClN3O3/c31-26-13-7-6-12-25(26)30-33-34(27(35)20-37-30)19-22-14-16-24(17-15-22)28(23-10-4-5-11-23)29(36)32-18-21-8-2-1-3-9-21/h1-3,6-9,12-17,23,28H,4-5,10-11,18-20H2,(H,32,36). The van der Waals surface area contributed by atoms with E-state index in [1.54, 1.807) is 6.07 Å². The number of halogens is 1. The van der Waals surface area contributed by atoms with Crippen LogP contribution in [0.15, 0.2) is 84.0 Å². The molecule has 3 aromatic carbocycles. The highest BCUT2D eigenvalue weighted by Crippen LogP contribution is 2.37. The summed E-state index contributed by atoms with van der Waals surface area (Å²) >= 11 is 6.29. The molecular formula is C30H30ClN3O3. The summed E-state index contributed by atoms with van der Waals surface area (Å²) < 4.78 is 5.54. The maximum Gasteiger partial charge on any atom is 0.281 e. The zero-order valence-corrected chi connectivity index (χ0v) is 21.4. The molecule has 2 aliphatic rings. The van der Waals surface area contributed by atoms with Crippen molar-refractivity contribution in [3.8, 4) is 0 Å². The Morgan fingerprint density at radius 1 is 0.973 bits per heavy atom. The van der Waals surface area contributed by atoms with Crippen LogP contribution in [0.2, 0.25) is 5.02 Å². The highest BCUT2D eigenvalue weighted by molar-refractivity contribution is 6.33. The molecule has 1 saturated carbocycles. The first-order chi connectivity index (χ1) is 18.1. The van der Waals surface area contributed by atoms with Gasteiger partial charge in [-0.05, 0) is 47.6 Å². The Bertz CT molecular complexity index is 1270. The number of hydrogen-bond donors (Lipinski definition) is 1. The van der Waals surface area contributed by atoms with Crippen LogP contribution in [0.5, 0.6) is 0 Å². The molecule has 3 aromatic rings. The van der Waals surface area contributed by atoms with E-state index in [4.69, 9.17) is 16.3 Å². The number of rotatable bonds is 8. The summed E-state index contributed by atoms with van der Waals surface area (Å²) in [5.74, 6) is 0.336. The van der Waals surface area contributed by atoms with Crippen LogP contribution in [0.1, 0.15) is 53.9 Å². The lowest BCUT2D eigenvalue weighted by atomic mass is 9.83. The van der Waals surface area contributed by atoms with Crippen molar-refractivity contribution in [2.75, 3.05) is 6.61 Å². The Balaban J connectivity index is 1.31. The van der Waals surface area contributed by atoms with Crippen LogP contribution in [-0.2, 0) is 27.4 Å². The third kappa shape index (κ3) is 6.03. The van der Waals surface area contributed by atoms with Crippen molar-refractivity contribution in [2.24, 2.45) is 11.0 Å². The summed E-state index contributed by atoms with van der Waals surface area (Å²) in [6.07, 6.45) is 4.45. The van der Waals surface area contributed by atoms with Gasteiger partial charge in [-0.2, -0.15) is 0 Å². The lowest BCUT2D eigenvalue weighted by molar-refractivity contribution is -0.136. The van der Waals surface area contributed by atoms with Gasteiger partial charge in [-0.15, -0.1) is 5.10 Å². The van der Waals surface area contributed by atoms with Crippen LogP contribution in [-0.4, -0.2) is 29.3 Å². The number of ether oxygens (including phenoxy) is 1. The zero-order chi connectivity index (χ0) is 25.6. The molecular weight excluding hydrogens is 486 g/mol. The van der Waals surface area contributed by atoms with Crippen LogP contribution in [0.3, 0.4) is 0 Å². The molecule has 1 aliphatic carbocycles. The maximum absolute atomic E-state index is 13.3. The van der Waals surface area contributed by atoms with Crippen LogP contribution in [0.25, 0.3) is 0 Å². The molecule has 1 unspecified atom stereocenters. The summed E-state index contributed by atoms with van der Waals surface area (Å²) in [6.45, 7) is 0.740. The van der Waals surface area contributed by atoms with Crippen LogP contribution >= 0.6 is 11.6 Å². The highest BCUT2D eigenvalue weighted by atomic mass is 35.5. The van der Waals surface area contributed by atoms with Gasteiger partial charge in [0.05, 0.1) is 23.0 Å². The molecule has 190 valence electrons. The van der Waals surface area contributed by atoms with Gasteiger partial charge in [0.15, 0.2) is 6.61 Å². The fourth-order valence-corrected chi connectivity index (χ4v) is 5.33. The van der Waals surface area contributed by atoms with Crippen molar-refractivity contribution >= 4 is 29.3 Å². The Morgan fingerprint density at radius 2 is 1.68 bits per heavy atom. The van der Waals surface area contributed by atoms with Crippen molar-refractivity contribution in [1.82, 2.24) is 10.3 Å². The second-order valence-electron chi connectivity index (χ2n) is 9.59. The summed E-state index contributed by atoms with van der Waals surface area (Å²) in [4.78, 5) is 25.8. The third-order valence-electron chi connectivity index (χ3n) is 7.07. The number of hydrazone groups is 1. The van der Waals surface area contributed by atoms with Crippen LogP contribution in [0.4, 0.5) is 0 Å². The van der Waals surface area contributed by atoms with Gasteiger partial charge in [-0.3, -0.25) is 9.59 Å². The minimum atomic E-state index is -0.219. The van der Waals surface area contributed by atoms with Gasteiger partial charge in [-0.25, -0.2) is 5.01 Å². The van der Waals surface area contributed by atoms with Gasteiger partial charge in [-0.1, -0.05) is 91.2 Å². The Hall–Kier alpha value is -3.64. The average molecular weight is 516 g/mol. The molecule has 37 heavy (non-hydrogen) atoms. The van der Waals surface area contributed by atoms with Crippen molar-refractivity contribution < 1.29 is 14.3 Å². The SMILES string of the molecule is O=C(NCc1ccccc1)C(c1ccc(CN2N=C(c3ccccc3Cl)OCC2=O)cc1)C1CCCC1. The molecule has 6 nitrogen and oxygen atoms in total. The van der Waals surface area contributed by atoms with E-state index < -0.39 is 0 Å². The highest BCUT2D eigenvalue weighted by Gasteiger charge is 2.32. The fourth-order valence-electron chi connectivity index (χ4n) is 5.12. The smallest absolute Gasteiger partial charge is 0.281 e. The van der Waals surface area contributed by atoms with E-state index in [0.29, 0.717) is 35.5 Å². The first kappa shape index (κ1) is 25.0. The summed E-state index contributed by atoms with van der Waals surface area (Å²) in [5.41, 5.74) is 3.67. The normalized spacial score (nSPS) is 16.7. The molecule has 1 aliphatic heterocycles. The third-order valence-corrected chi connectivity index (χ3v) is 7.40. The van der Waals surface area contributed by atoms with Gasteiger partial charge in [0, 0.05) is 6.54 Å². The lowest BCUT2D eigenvalue weighted by Crippen LogP contribution is -2.36. The number of nitrogens with zero attached hydrogens (tertiary/aromatic N) is 2. The molecule has 1 N–H and O–H groups in total. The predicted molar refractivity (Wildman–Crippen MR) is 144 cm³/mol. The number of hydrogen-bond acceptors (Lipinski definition) is 4. The van der Waals surface area contributed by atoms with Gasteiger partial charge >= 0.3 is 0 Å². The van der Waals surface area contributed by atoms with Crippen LogP contribution in [0, 0.1) is 5.92 Å². The first-order valence-corrected chi connectivity index (χ1v) is 13.1. The molecule has 0 saturated heterocycles. The van der Waals surface area contributed by atoms with Crippen molar-refractivity contribution in [3.05, 3.63) is 106 Å². The Labute approximate surface area is 222 Å². The first-order valence-electron chi connectivity index (χ1n) is 12.8. The molecule has 5 rings (SSSR count). The maximum atomic E-state index is 13.3. The van der Waals surface area contributed by atoms with Crippen molar-refractivity contribution in [1.29, 1.82) is 0 Å². The van der Waals surface area contributed by atoms with Gasteiger partial charge in [0.1, 0.15) is 0 Å². The van der Waals surface area contributed by atoms with Crippen LogP contribution < -0.4 is 5.32 Å². The molecule has 2 amide bonds. The zero-order valence-electron chi connectivity index (χ0n) is 20.6. The molecule has 0 radical (unpaired) electrons. The van der Waals surface area contributed by atoms with Crippen molar-refractivity contribution in [2.45, 2.75) is 44.7 Å². The van der Waals surface area contributed by atoms with E-state index in [-0.39, 0.29) is 24.3 Å². The van der Waals surface area contributed by atoms with Gasteiger partial charge < -0.3 is 10.1 Å². The van der Waals surface area contributed by atoms with E-state index in [9.17, 15) is 9.59 Å². The quantitative estimate of drug-likeness (QED) is 0.421. The second-order valence-corrected chi connectivity index (χ2v) is 10.00. The van der Waals surface area contributed by atoms with E-state index >= 15 is 0 Å². The monoisotopic (exact) mass is 515 g/mol. The number of nitrogens with one attached hydrogen (secondary N) is 1. The second kappa shape index (κ2) is 11.6. The summed E-state index contributed by atoms with van der Waals surface area (Å²) in [5, 5.41) is 9.50. The molecule has 0 spiro atoms. The Kier molecular flexibility index (Phi) is 7.85. The number of benzene rings is 3. The molecule has 1 fully saturated rings. The molecule has 1 atom stereocenters. The summed E-state index contributed by atoms with van der Waals surface area (Å²) in [6, 6.07) is 25.2.